The number of nitrogens with zero attached hydrogens (tertiary/aromatic N) is 4. The van der Waals surface area contributed by atoms with Crippen LogP contribution in [0.25, 0.3) is 10.9 Å². The molecule has 0 aliphatic carbocycles. The first-order valence-corrected chi connectivity index (χ1v) is 11.5. The van der Waals surface area contributed by atoms with Crippen LogP contribution in [0.4, 0.5) is 5.82 Å². The Morgan fingerprint density at radius 3 is 2.56 bits per heavy atom. The van der Waals surface area contributed by atoms with Crippen LogP contribution in [0.2, 0.25) is 0 Å². The lowest BCUT2D eigenvalue weighted by molar-refractivity contribution is -0.115. The summed E-state index contributed by atoms with van der Waals surface area (Å²) in [6.45, 7) is 6.29. The van der Waals surface area contributed by atoms with Crippen LogP contribution in [0.15, 0.2) is 30.7 Å². The monoisotopic (exact) mass is 492 g/mol. The molecular weight excluding hydrogens is 464 g/mol. The number of aromatic nitrogens is 5. The Labute approximate surface area is 208 Å². The van der Waals surface area contributed by atoms with Gasteiger partial charge in [0.25, 0.3) is 0 Å². The number of fused-ring (bicyclic) bond motifs is 1. The van der Waals surface area contributed by atoms with Crippen molar-refractivity contribution in [3.63, 3.8) is 0 Å². The number of aryl methyl sites for hydroxylation is 1. The number of H-pyrrole nitrogens is 1. The number of methoxy groups -OCH3 is 2. The van der Waals surface area contributed by atoms with Gasteiger partial charge in [-0.1, -0.05) is 6.92 Å². The molecule has 0 atom stereocenters. The Bertz CT molecular complexity index is 1390. The zero-order chi connectivity index (χ0) is 25.7. The molecule has 0 fully saturated rings. The van der Waals surface area contributed by atoms with Crippen molar-refractivity contribution in [2.45, 2.75) is 33.6 Å². The van der Waals surface area contributed by atoms with E-state index in [9.17, 15) is 4.79 Å². The third-order valence-corrected chi connectivity index (χ3v) is 5.54. The molecule has 36 heavy (non-hydrogen) atoms. The van der Waals surface area contributed by atoms with E-state index in [1.807, 2.05) is 20.8 Å². The first-order chi connectivity index (χ1) is 17.5. The molecule has 1 amide bonds. The van der Waals surface area contributed by atoms with Crippen molar-refractivity contribution >= 4 is 22.6 Å². The number of rotatable bonds is 10. The van der Waals surface area contributed by atoms with Crippen LogP contribution >= 0.6 is 0 Å². The van der Waals surface area contributed by atoms with Gasteiger partial charge in [-0.05, 0) is 26.3 Å². The molecular formula is C25H28N6O5. The van der Waals surface area contributed by atoms with E-state index in [0.717, 1.165) is 17.7 Å². The van der Waals surface area contributed by atoms with Crippen molar-refractivity contribution in [1.29, 1.82) is 0 Å². The fraction of sp³-hybridized carbons (Fsp3) is 0.320. The SMILES string of the molecule is CCOc1cc2c(Oc3cnc(CC(=O)Nc4n[nH]c(C)c4CC)c(OC)c3)ncnc2cc1OC. The normalized spacial score (nSPS) is 10.8. The van der Waals surface area contributed by atoms with E-state index in [0.29, 0.717) is 57.9 Å². The summed E-state index contributed by atoms with van der Waals surface area (Å²) in [4.78, 5) is 25.6. The van der Waals surface area contributed by atoms with Crippen LogP contribution < -0.4 is 24.3 Å². The summed E-state index contributed by atoms with van der Waals surface area (Å²) >= 11 is 0. The zero-order valence-corrected chi connectivity index (χ0v) is 20.8. The summed E-state index contributed by atoms with van der Waals surface area (Å²) in [5.41, 5.74) is 2.99. The predicted octanol–water partition coefficient (Wildman–Crippen LogP) is 4.01. The minimum absolute atomic E-state index is 0.00641. The maximum absolute atomic E-state index is 12.7. The maximum atomic E-state index is 12.7. The molecule has 4 aromatic rings. The number of anilines is 1. The van der Waals surface area contributed by atoms with Crippen LogP contribution in [0.3, 0.4) is 0 Å². The highest BCUT2D eigenvalue weighted by Gasteiger charge is 2.17. The van der Waals surface area contributed by atoms with E-state index < -0.39 is 0 Å². The second kappa shape index (κ2) is 10.9. The number of ether oxygens (including phenoxy) is 4. The smallest absolute Gasteiger partial charge is 0.231 e. The highest BCUT2D eigenvalue weighted by atomic mass is 16.5. The van der Waals surface area contributed by atoms with Gasteiger partial charge in [0, 0.05) is 23.4 Å². The van der Waals surface area contributed by atoms with Gasteiger partial charge in [-0.25, -0.2) is 9.97 Å². The maximum Gasteiger partial charge on any atom is 0.231 e. The molecule has 0 radical (unpaired) electrons. The van der Waals surface area contributed by atoms with E-state index >= 15 is 0 Å². The highest BCUT2D eigenvalue weighted by molar-refractivity contribution is 5.92. The Balaban J connectivity index is 1.56. The molecule has 3 heterocycles. The number of amides is 1. The molecule has 2 N–H and O–H groups in total. The first kappa shape index (κ1) is 24.7. The average Bonchev–Trinajstić information content (AvgIpc) is 3.23. The van der Waals surface area contributed by atoms with Crippen molar-refractivity contribution in [1.82, 2.24) is 25.1 Å². The Hall–Kier alpha value is -4.41. The lowest BCUT2D eigenvalue weighted by Crippen LogP contribution is -2.17. The van der Waals surface area contributed by atoms with Gasteiger partial charge < -0.3 is 24.3 Å². The van der Waals surface area contributed by atoms with E-state index in [1.165, 1.54) is 19.6 Å². The summed E-state index contributed by atoms with van der Waals surface area (Å²) in [5, 5.41) is 10.5. The zero-order valence-electron chi connectivity index (χ0n) is 20.8. The second-order valence-corrected chi connectivity index (χ2v) is 7.81. The number of carbonyl (C=O) groups is 1. The average molecular weight is 493 g/mol. The topological polar surface area (TPSA) is 133 Å². The highest BCUT2D eigenvalue weighted by Crippen LogP contribution is 2.36. The van der Waals surface area contributed by atoms with Crippen LogP contribution in [-0.4, -0.2) is 51.9 Å². The van der Waals surface area contributed by atoms with Gasteiger partial charge >= 0.3 is 0 Å². The number of nitrogens with one attached hydrogen (secondary N) is 2. The van der Waals surface area contributed by atoms with Gasteiger partial charge in [0.2, 0.25) is 11.8 Å². The minimum Gasteiger partial charge on any atom is -0.495 e. The fourth-order valence-electron chi connectivity index (χ4n) is 3.80. The lowest BCUT2D eigenvalue weighted by atomic mass is 10.2. The number of carbonyl (C=O) groups excluding carboxylic acids is 1. The third-order valence-electron chi connectivity index (χ3n) is 5.54. The Morgan fingerprint density at radius 2 is 1.83 bits per heavy atom. The molecule has 0 aliphatic heterocycles. The summed E-state index contributed by atoms with van der Waals surface area (Å²) in [6, 6.07) is 5.20. The van der Waals surface area contributed by atoms with Crippen LogP contribution in [0.5, 0.6) is 28.9 Å². The number of benzene rings is 1. The molecule has 0 saturated heterocycles. The minimum atomic E-state index is -0.255. The fourth-order valence-corrected chi connectivity index (χ4v) is 3.80. The molecule has 188 valence electrons. The van der Waals surface area contributed by atoms with Gasteiger partial charge in [-0.15, -0.1) is 0 Å². The molecule has 11 nitrogen and oxygen atoms in total. The van der Waals surface area contributed by atoms with Crippen molar-refractivity contribution in [2.24, 2.45) is 0 Å². The molecule has 0 saturated carbocycles. The molecule has 0 unspecified atom stereocenters. The van der Waals surface area contributed by atoms with Gasteiger partial charge in [-0.3, -0.25) is 14.9 Å². The largest absolute Gasteiger partial charge is 0.495 e. The molecule has 1 aromatic carbocycles. The van der Waals surface area contributed by atoms with E-state index in [1.54, 1.807) is 25.3 Å². The standard InChI is InChI=1S/C25H28N6O5/c1-6-16-14(3)30-31-24(16)29-23(32)11-19-20(33-4)8-15(12-26-19)36-25-17-9-22(35-7-2)21(34-5)10-18(17)27-13-28-25/h8-10,12-13H,6-7,11H2,1-5H3,(H2,29,30,31,32). The number of aromatic amines is 1. The summed E-state index contributed by atoms with van der Waals surface area (Å²) < 4.78 is 22.6. The summed E-state index contributed by atoms with van der Waals surface area (Å²) in [7, 11) is 3.08. The lowest BCUT2D eigenvalue weighted by Gasteiger charge is -2.13. The molecule has 11 heteroatoms. The molecule has 0 spiro atoms. The second-order valence-electron chi connectivity index (χ2n) is 7.81. The van der Waals surface area contributed by atoms with Crippen LogP contribution in [0, 0.1) is 6.92 Å². The van der Waals surface area contributed by atoms with Crippen molar-refractivity contribution in [3.8, 4) is 28.9 Å². The quantitative estimate of drug-likeness (QED) is 0.337. The van der Waals surface area contributed by atoms with Gasteiger partial charge in [0.15, 0.2) is 23.1 Å². The number of hydrogen-bond donors (Lipinski definition) is 2. The Morgan fingerprint density at radius 1 is 1.03 bits per heavy atom. The number of pyridine rings is 1. The van der Waals surface area contributed by atoms with Crippen molar-refractivity contribution in [2.75, 3.05) is 26.1 Å². The van der Waals surface area contributed by atoms with Gasteiger partial charge in [-0.2, -0.15) is 5.10 Å². The first-order valence-electron chi connectivity index (χ1n) is 11.5. The van der Waals surface area contributed by atoms with Crippen molar-refractivity contribution < 1.29 is 23.7 Å². The van der Waals surface area contributed by atoms with Gasteiger partial charge in [0.05, 0.1) is 50.0 Å². The van der Waals surface area contributed by atoms with Gasteiger partial charge in [0.1, 0.15) is 12.1 Å². The summed E-state index contributed by atoms with van der Waals surface area (Å²) in [6.07, 6.45) is 3.68. The molecule has 4 rings (SSSR count). The van der Waals surface area contributed by atoms with E-state index in [-0.39, 0.29) is 12.3 Å². The molecule has 0 aliphatic rings. The molecule has 0 bridgehead atoms. The third kappa shape index (κ3) is 5.14. The van der Waals surface area contributed by atoms with Crippen LogP contribution in [-0.2, 0) is 17.6 Å². The van der Waals surface area contributed by atoms with E-state index in [2.05, 4.69) is 30.5 Å². The number of hydrogen-bond acceptors (Lipinski definition) is 9. The molecule has 3 aromatic heterocycles. The van der Waals surface area contributed by atoms with Crippen molar-refractivity contribution in [3.05, 3.63) is 47.7 Å². The van der Waals surface area contributed by atoms with Crippen LogP contribution in [0.1, 0.15) is 30.8 Å². The summed E-state index contributed by atoms with van der Waals surface area (Å²) in [5.74, 6) is 2.51. The Kier molecular flexibility index (Phi) is 7.47. The predicted molar refractivity (Wildman–Crippen MR) is 133 cm³/mol. The van der Waals surface area contributed by atoms with E-state index in [4.69, 9.17) is 18.9 Å².